The van der Waals surface area contributed by atoms with Crippen LogP contribution in [-0.4, -0.2) is 25.8 Å². The van der Waals surface area contributed by atoms with E-state index in [0.717, 1.165) is 31.8 Å². The molecule has 0 unspecified atom stereocenters. The Morgan fingerprint density at radius 3 is 2.48 bits per heavy atom. The third-order valence-electron chi connectivity index (χ3n) is 4.46. The highest BCUT2D eigenvalue weighted by molar-refractivity contribution is 7.19. The summed E-state index contributed by atoms with van der Waals surface area (Å²) in [5, 5.41) is 1.11. The van der Waals surface area contributed by atoms with Crippen molar-refractivity contribution in [1.82, 2.24) is 5.43 Å². The molecule has 1 aromatic heterocycles. The molecule has 0 saturated carbocycles. The Morgan fingerprint density at radius 2 is 1.81 bits per heavy atom. The molecule has 0 aliphatic heterocycles. The van der Waals surface area contributed by atoms with Gasteiger partial charge in [-0.3, -0.25) is 15.0 Å². The standard InChI is InChI=1S/C21H23N3O2S/c1-24(2)17-6-4-15(5-7-17)19(25)12-14-3-9-20-16(11-14)13-18(27-20)8-10-21(26)23-22/h3-7,9,11,13H,8,10,12,22H2,1-2H3,(H,23,26). The first-order valence-corrected chi connectivity index (χ1v) is 9.59. The zero-order valence-corrected chi connectivity index (χ0v) is 16.3. The van der Waals surface area contributed by atoms with E-state index >= 15 is 0 Å². The number of fused-ring (bicyclic) bond motifs is 1. The van der Waals surface area contributed by atoms with Gasteiger partial charge in [0.25, 0.3) is 0 Å². The highest BCUT2D eigenvalue weighted by Crippen LogP contribution is 2.28. The van der Waals surface area contributed by atoms with Crippen LogP contribution in [0, 0.1) is 0 Å². The lowest BCUT2D eigenvalue weighted by Gasteiger charge is -2.12. The molecule has 0 fully saturated rings. The number of hydrazine groups is 1. The molecular formula is C21H23N3O2S. The van der Waals surface area contributed by atoms with E-state index in [0.29, 0.717) is 19.3 Å². The molecule has 0 bridgehead atoms. The summed E-state index contributed by atoms with van der Waals surface area (Å²) in [5.41, 5.74) is 4.94. The Morgan fingerprint density at radius 1 is 1.07 bits per heavy atom. The maximum Gasteiger partial charge on any atom is 0.234 e. The molecule has 3 N–H and O–H groups in total. The summed E-state index contributed by atoms with van der Waals surface area (Å²) in [5.74, 6) is 5.06. The lowest BCUT2D eigenvalue weighted by molar-refractivity contribution is -0.121. The molecule has 0 atom stereocenters. The Balaban J connectivity index is 1.71. The first-order chi connectivity index (χ1) is 13.0. The minimum absolute atomic E-state index is 0.106. The van der Waals surface area contributed by atoms with E-state index in [1.165, 1.54) is 0 Å². The Kier molecular flexibility index (Phi) is 5.88. The summed E-state index contributed by atoms with van der Waals surface area (Å²) >= 11 is 1.67. The number of hydrogen-bond acceptors (Lipinski definition) is 5. The monoisotopic (exact) mass is 381 g/mol. The van der Waals surface area contributed by atoms with Gasteiger partial charge >= 0.3 is 0 Å². The number of benzene rings is 2. The number of thiophene rings is 1. The van der Waals surface area contributed by atoms with Crippen LogP contribution in [0.4, 0.5) is 5.69 Å². The minimum Gasteiger partial charge on any atom is -0.378 e. The molecule has 0 aliphatic carbocycles. The number of nitrogens with one attached hydrogen (secondary N) is 1. The smallest absolute Gasteiger partial charge is 0.234 e. The van der Waals surface area contributed by atoms with Crippen molar-refractivity contribution in [2.75, 3.05) is 19.0 Å². The maximum atomic E-state index is 12.6. The van der Waals surface area contributed by atoms with Gasteiger partial charge in [0.05, 0.1) is 0 Å². The number of carbonyl (C=O) groups is 2. The first kappa shape index (κ1) is 19.1. The second kappa shape index (κ2) is 8.33. The van der Waals surface area contributed by atoms with Crippen LogP contribution in [0.15, 0.2) is 48.5 Å². The van der Waals surface area contributed by atoms with Crippen LogP contribution in [-0.2, 0) is 17.6 Å². The molecule has 1 amide bonds. The molecule has 5 nitrogen and oxygen atoms in total. The normalized spacial score (nSPS) is 10.8. The average Bonchev–Trinajstić information content (AvgIpc) is 3.08. The van der Waals surface area contributed by atoms with Gasteiger partial charge in [-0.15, -0.1) is 11.3 Å². The van der Waals surface area contributed by atoms with Crippen molar-refractivity contribution in [1.29, 1.82) is 0 Å². The summed E-state index contributed by atoms with van der Waals surface area (Å²) in [7, 11) is 3.95. The van der Waals surface area contributed by atoms with Gasteiger partial charge in [-0.25, -0.2) is 5.84 Å². The van der Waals surface area contributed by atoms with Gasteiger partial charge in [0, 0.05) is 47.8 Å². The SMILES string of the molecule is CN(C)c1ccc(C(=O)Cc2ccc3sc(CCC(=O)NN)cc3c2)cc1. The predicted molar refractivity (Wildman–Crippen MR) is 111 cm³/mol. The number of hydrogen-bond donors (Lipinski definition) is 2. The number of nitrogens with zero attached hydrogens (tertiary/aromatic N) is 1. The number of rotatable bonds is 7. The Hall–Kier alpha value is -2.70. The molecule has 1 heterocycles. The van der Waals surface area contributed by atoms with Crippen molar-refractivity contribution < 1.29 is 9.59 Å². The van der Waals surface area contributed by atoms with E-state index in [2.05, 4.69) is 17.6 Å². The second-order valence-electron chi connectivity index (χ2n) is 6.69. The van der Waals surface area contributed by atoms with Gasteiger partial charge in [-0.1, -0.05) is 6.07 Å². The molecule has 3 aromatic rings. The van der Waals surface area contributed by atoms with E-state index in [-0.39, 0.29) is 11.7 Å². The van der Waals surface area contributed by atoms with Gasteiger partial charge in [-0.05, 0) is 59.8 Å². The highest BCUT2D eigenvalue weighted by Gasteiger charge is 2.10. The van der Waals surface area contributed by atoms with E-state index in [9.17, 15) is 9.59 Å². The molecule has 2 aromatic carbocycles. The number of aryl methyl sites for hydroxylation is 1. The average molecular weight is 382 g/mol. The second-order valence-corrected chi connectivity index (χ2v) is 7.86. The number of nitrogens with two attached hydrogens (primary N) is 1. The number of anilines is 1. The summed E-state index contributed by atoms with van der Waals surface area (Å²) < 4.78 is 1.16. The fraction of sp³-hybridized carbons (Fsp3) is 0.238. The Labute approximate surface area is 162 Å². The van der Waals surface area contributed by atoms with Gasteiger partial charge in [0.15, 0.2) is 5.78 Å². The lowest BCUT2D eigenvalue weighted by Crippen LogP contribution is -2.29. The third-order valence-corrected chi connectivity index (χ3v) is 5.64. The van der Waals surface area contributed by atoms with Crippen molar-refractivity contribution in [2.45, 2.75) is 19.3 Å². The maximum absolute atomic E-state index is 12.6. The van der Waals surface area contributed by atoms with E-state index in [4.69, 9.17) is 5.84 Å². The fourth-order valence-corrected chi connectivity index (χ4v) is 3.97. The van der Waals surface area contributed by atoms with Gasteiger partial charge in [-0.2, -0.15) is 0 Å². The van der Waals surface area contributed by atoms with Crippen LogP contribution in [0.2, 0.25) is 0 Å². The zero-order valence-electron chi connectivity index (χ0n) is 15.5. The lowest BCUT2D eigenvalue weighted by atomic mass is 10.0. The number of amides is 1. The van der Waals surface area contributed by atoms with Gasteiger partial charge < -0.3 is 4.90 Å². The van der Waals surface area contributed by atoms with Crippen LogP contribution in [0.5, 0.6) is 0 Å². The van der Waals surface area contributed by atoms with Crippen LogP contribution >= 0.6 is 11.3 Å². The number of Topliss-reactive ketones (excluding diaryl/α,β-unsaturated/α-hetero) is 1. The van der Waals surface area contributed by atoms with E-state index in [1.54, 1.807) is 11.3 Å². The largest absolute Gasteiger partial charge is 0.378 e. The Bertz CT molecular complexity index is 961. The quantitative estimate of drug-likeness (QED) is 0.285. The van der Waals surface area contributed by atoms with Gasteiger partial charge in [0.2, 0.25) is 5.91 Å². The summed E-state index contributed by atoms with van der Waals surface area (Å²) in [6, 6.07) is 15.9. The summed E-state index contributed by atoms with van der Waals surface area (Å²) in [6.45, 7) is 0. The highest BCUT2D eigenvalue weighted by atomic mass is 32.1. The van der Waals surface area contributed by atoms with Crippen molar-refractivity contribution >= 4 is 38.8 Å². The van der Waals surface area contributed by atoms with Gasteiger partial charge in [0.1, 0.15) is 0 Å². The minimum atomic E-state index is -0.168. The molecule has 6 heteroatoms. The van der Waals surface area contributed by atoms with E-state index < -0.39 is 0 Å². The molecule has 27 heavy (non-hydrogen) atoms. The van der Waals surface area contributed by atoms with Crippen molar-refractivity contribution in [3.05, 3.63) is 64.5 Å². The molecule has 0 aliphatic rings. The summed E-state index contributed by atoms with van der Waals surface area (Å²) in [4.78, 5) is 27.0. The first-order valence-electron chi connectivity index (χ1n) is 8.77. The van der Waals surface area contributed by atoms with Crippen molar-refractivity contribution in [2.24, 2.45) is 5.84 Å². The van der Waals surface area contributed by atoms with Crippen LogP contribution < -0.4 is 16.2 Å². The number of carbonyl (C=O) groups excluding carboxylic acids is 2. The van der Waals surface area contributed by atoms with Crippen molar-refractivity contribution in [3.8, 4) is 0 Å². The number of ketones is 1. The fourth-order valence-electron chi connectivity index (χ4n) is 2.92. The third kappa shape index (κ3) is 4.72. The van der Waals surface area contributed by atoms with Crippen molar-refractivity contribution in [3.63, 3.8) is 0 Å². The zero-order chi connectivity index (χ0) is 19.4. The molecule has 0 spiro atoms. The molecule has 3 rings (SSSR count). The molecular weight excluding hydrogens is 358 g/mol. The van der Waals surface area contributed by atoms with Crippen LogP contribution in [0.1, 0.15) is 27.2 Å². The molecule has 140 valence electrons. The topological polar surface area (TPSA) is 75.4 Å². The molecule has 0 radical (unpaired) electrons. The molecule has 0 saturated heterocycles. The van der Waals surface area contributed by atoms with Crippen LogP contribution in [0.25, 0.3) is 10.1 Å². The summed E-state index contributed by atoms with van der Waals surface area (Å²) in [6.07, 6.45) is 1.41. The predicted octanol–water partition coefficient (Wildman–Crippen LogP) is 3.32. The van der Waals surface area contributed by atoms with Crippen LogP contribution in [0.3, 0.4) is 0 Å². The van der Waals surface area contributed by atoms with E-state index in [1.807, 2.05) is 55.4 Å².